The number of hydrogen-bond acceptors (Lipinski definition) is 8. The fourth-order valence-corrected chi connectivity index (χ4v) is 3.38. The van der Waals surface area contributed by atoms with Crippen LogP contribution in [0, 0.1) is 11.3 Å². The van der Waals surface area contributed by atoms with Crippen LogP contribution in [-0.2, 0) is 22.5 Å². The quantitative estimate of drug-likeness (QED) is 0.157. The highest BCUT2D eigenvalue weighted by Gasteiger charge is 2.14. The SMILES string of the molecule is N#CC(/C=N/OC(=O)CCCN(CCCCc1ccc2c(n1)NCCC2)CC(F)F)=C/N. The van der Waals surface area contributed by atoms with E-state index in [1.54, 1.807) is 11.0 Å². The highest BCUT2D eigenvalue weighted by atomic mass is 19.3. The Morgan fingerprint density at radius 1 is 1.38 bits per heavy atom. The number of fused-ring (bicyclic) bond motifs is 1. The fourth-order valence-electron chi connectivity index (χ4n) is 3.38. The zero-order valence-corrected chi connectivity index (χ0v) is 18.1. The number of nitriles is 1. The van der Waals surface area contributed by atoms with E-state index >= 15 is 0 Å². The van der Waals surface area contributed by atoms with Crippen molar-refractivity contribution in [3.8, 4) is 6.07 Å². The van der Waals surface area contributed by atoms with Crippen LogP contribution in [-0.4, -0.2) is 54.7 Å². The monoisotopic (exact) mass is 448 g/mol. The molecule has 0 radical (unpaired) electrons. The smallest absolute Gasteiger partial charge is 0.335 e. The maximum absolute atomic E-state index is 12.9. The third-order valence-corrected chi connectivity index (χ3v) is 5.02. The number of nitrogens with one attached hydrogen (secondary N) is 1. The van der Waals surface area contributed by atoms with Crippen molar-refractivity contribution >= 4 is 18.0 Å². The van der Waals surface area contributed by atoms with E-state index in [0.29, 0.717) is 19.5 Å². The third-order valence-electron chi connectivity index (χ3n) is 5.02. The second-order valence-electron chi connectivity index (χ2n) is 7.52. The summed E-state index contributed by atoms with van der Waals surface area (Å²) in [5.41, 5.74) is 7.48. The van der Waals surface area contributed by atoms with Gasteiger partial charge in [0.1, 0.15) is 11.9 Å². The number of aryl methyl sites for hydroxylation is 2. The molecule has 0 saturated carbocycles. The van der Waals surface area contributed by atoms with Crippen molar-refractivity contribution in [2.75, 3.05) is 31.5 Å². The summed E-state index contributed by atoms with van der Waals surface area (Å²) in [4.78, 5) is 22.6. The minimum absolute atomic E-state index is 0.0390. The standard InChI is InChI=1S/C22H30F2N6O2/c23-20(24)16-30(12-4-7-21(31)32-28-15-17(13-25)14-26)11-2-1-6-19-9-8-18-5-3-10-27-22(18)29-19/h8-9,13,15,20H,1-7,10-12,16,25H2,(H,27,29)/b17-13-,28-15+. The molecular formula is C22H30F2N6O2. The Kier molecular flexibility index (Phi) is 11.1. The van der Waals surface area contributed by atoms with Crippen LogP contribution in [0.3, 0.4) is 0 Å². The number of nitrogens with two attached hydrogens (primary N) is 1. The first-order chi connectivity index (χ1) is 15.5. The van der Waals surface area contributed by atoms with E-state index in [1.807, 2.05) is 6.07 Å². The predicted octanol–water partition coefficient (Wildman–Crippen LogP) is 3.00. The van der Waals surface area contributed by atoms with Gasteiger partial charge in [0, 0.05) is 24.9 Å². The van der Waals surface area contributed by atoms with Gasteiger partial charge in [-0.15, -0.1) is 0 Å². The molecule has 1 aliphatic rings. The van der Waals surface area contributed by atoms with Crippen molar-refractivity contribution in [1.29, 1.82) is 5.26 Å². The summed E-state index contributed by atoms with van der Waals surface area (Å²) in [5.74, 6) is 0.367. The first kappa shape index (κ1) is 25.2. The Balaban J connectivity index is 1.69. The number of rotatable bonds is 13. The van der Waals surface area contributed by atoms with Crippen LogP contribution in [0.15, 0.2) is 29.1 Å². The van der Waals surface area contributed by atoms with Gasteiger partial charge in [0.2, 0.25) is 0 Å². The molecule has 0 unspecified atom stereocenters. The second-order valence-corrected chi connectivity index (χ2v) is 7.52. The van der Waals surface area contributed by atoms with Crippen molar-refractivity contribution in [2.24, 2.45) is 10.9 Å². The molecular weight excluding hydrogens is 418 g/mol. The summed E-state index contributed by atoms with van der Waals surface area (Å²) < 4.78 is 25.8. The van der Waals surface area contributed by atoms with Crippen molar-refractivity contribution in [1.82, 2.24) is 9.88 Å². The van der Waals surface area contributed by atoms with E-state index in [-0.39, 0.29) is 18.5 Å². The van der Waals surface area contributed by atoms with Gasteiger partial charge in [0.15, 0.2) is 0 Å². The molecule has 0 atom stereocenters. The Bertz CT molecular complexity index is 838. The number of carbonyl (C=O) groups excluding carboxylic acids is 1. The number of pyridine rings is 1. The van der Waals surface area contributed by atoms with Crippen LogP contribution in [0.4, 0.5) is 14.6 Å². The molecule has 32 heavy (non-hydrogen) atoms. The van der Waals surface area contributed by atoms with E-state index in [0.717, 1.165) is 62.6 Å². The van der Waals surface area contributed by atoms with Gasteiger partial charge in [-0.25, -0.2) is 18.6 Å². The molecule has 3 N–H and O–H groups in total. The molecule has 1 aromatic rings. The lowest BCUT2D eigenvalue weighted by Gasteiger charge is -2.21. The largest absolute Gasteiger partial charge is 0.403 e. The van der Waals surface area contributed by atoms with Gasteiger partial charge in [-0.1, -0.05) is 11.2 Å². The van der Waals surface area contributed by atoms with Crippen molar-refractivity contribution < 1.29 is 18.4 Å². The number of nitrogens with zero attached hydrogens (tertiary/aromatic N) is 4. The van der Waals surface area contributed by atoms with Crippen LogP contribution < -0.4 is 11.1 Å². The minimum atomic E-state index is -2.44. The van der Waals surface area contributed by atoms with E-state index in [4.69, 9.17) is 11.0 Å². The molecule has 0 fully saturated rings. The van der Waals surface area contributed by atoms with E-state index in [1.165, 1.54) is 5.56 Å². The molecule has 174 valence electrons. The highest BCUT2D eigenvalue weighted by Crippen LogP contribution is 2.20. The number of hydrogen-bond donors (Lipinski definition) is 2. The summed E-state index contributed by atoms with van der Waals surface area (Å²) in [6, 6.07) is 5.92. The molecule has 2 rings (SSSR count). The number of unbranched alkanes of at least 4 members (excludes halogenated alkanes) is 1. The fraction of sp³-hybridized carbons (Fsp3) is 0.545. The molecule has 0 bridgehead atoms. The third kappa shape index (κ3) is 9.39. The first-order valence-electron chi connectivity index (χ1n) is 10.8. The zero-order chi connectivity index (χ0) is 23.2. The molecule has 0 aromatic carbocycles. The summed E-state index contributed by atoms with van der Waals surface area (Å²) >= 11 is 0. The van der Waals surface area contributed by atoms with Gasteiger partial charge in [0.05, 0.1) is 18.3 Å². The van der Waals surface area contributed by atoms with E-state index in [9.17, 15) is 13.6 Å². The van der Waals surface area contributed by atoms with Gasteiger partial charge in [-0.3, -0.25) is 4.90 Å². The molecule has 10 heteroatoms. The average molecular weight is 449 g/mol. The number of alkyl halides is 2. The number of allylic oxidation sites excluding steroid dienone is 1. The molecule has 0 aliphatic carbocycles. The molecule has 8 nitrogen and oxygen atoms in total. The molecule has 0 spiro atoms. The maximum Gasteiger partial charge on any atom is 0.335 e. The number of aromatic nitrogens is 1. The Hall–Kier alpha value is -3.06. The maximum atomic E-state index is 12.9. The number of anilines is 1. The summed E-state index contributed by atoms with van der Waals surface area (Å²) in [6.07, 6.45) is 4.61. The summed E-state index contributed by atoms with van der Waals surface area (Å²) in [7, 11) is 0. The van der Waals surface area contributed by atoms with E-state index in [2.05, 4.69) is 26.4 Å². The van der Waals surface area contributed by atoms with Crippen LogP contribution in [0.25, 0.3) is 0 Å². The Morgan fingerprint density at radius 2 is 2.19 bits per heavy atom. The Morgan fingerprint density at radius 3 is 2.94 bits per heavy atom. The number of carbonyl (C=O) groups is 1. The first-order valence-corrected chi connectivity index (χ1v) is 10.8. The molecule has 1 aromatic heterocycles. The van der Waals surface area contributed by atoms with Gasteiger partial charge in [0.25, 0.3) is 6.43 Å². The average Bonchev–Trinajstić information content (AvgIpc) is 2.79. The lowest BCUT2D eigenvalue weighted by atomic mass is 10.1. The van der Waals surface area contributed by atoms with Gasteiger partial charge in [-0.2, -0.15) is 5.26 Å². The van der Waals surface area contributed by atoms with Crippen LogP contribution in [0.1, 0.15) is 43.4 Å². The number of oxime groups is 1. The van der Waals surface area contributed by atoms with Crippen LogP contribution in [0.2, 0.25) is 0 Å². The number of halogens is 2. The molecule has 1 aliphatic heterocycles. The van der Waals surface area contributed by atoms with Crippen molar-refractivity contribution in [3.05, 3.63) is 35.2 Å². The van der Waals surface area contributed by atoms with Gasteiger partial charge < -0.3 is 15.9 Å². The Labute approximate surface area is 187 Å². The van der Waals surface area contributed by atoms with Crippen LogP contribution >= 0.6 is 0 Å². The van der Waals surface area contributed by atoms with Gasteiger partial charge >= 0.3 is 5.97 Å². The van der Waals surface area contributed by atoms with Crippen molar-refractivity contribution in [2.45, 2.75) is 51.4 Å². The summed E-state index contributed by atoms with van der Waals surface area (Å²) in [5, 5.41) is 15.4. The lowest BCUT2D eigenvalue weighted by Crippen LogP contribution is -2.31. The molecule has 0 amide bonds. The predicted molar refractivity (Wildman–Crippen MR) is 118 cm³/mol. The lowest BCUT2D eigenvalue weighted by molar-refractivity contribution is -0.143. The van der Waals surface area contributed by atoms with Crippen LogP contribution in [0.5, 0.6) is 0 Å². The normalized spacial score (nSPS) is 13.8. The second kappa shape index (κ2) is 14.1. The zero-order valence-electron chi connectivity index (χ0n) is 18.1. The highest BCUT2D eigenvalue weighted by molar-refractivity contribution is 5.83. The minimum Gasteiger partial charge on any atom is -0.403 e. The van der Waals surface area contributed by atoms with Gasteiger partial charge in [-0.05, 0) is 63.2 Å². The molecule has 0 saturated heterocycles. The van der Waals surface area contributed by atoms with E-state index < -0.39 is 12.4 Å². The topological polar surface area (TPSA) is 117 Å². The summed E-state index contributed by atoms with van der Waals surface area (Å²) in [6.45, 7) is 1.49. The van der Waals surface area contributed by atoms with Crippen molar-refractivity contribution in [3.63, 3.8) is 0 Å². The molecule has 2 heterocycles.